The van der Waals surface area contributed by atoms with Crippen LogP contribution in [0.5, 0.6) is 0 Å². The van der Waals surface area contributed by atoms with Crippen LogP contribution in [0.3, 0.4) is 0 Å². The minimum Gasteiger partial charge on any atom is -0.243 e. The molecule has 62 valence electrons. The van der Waals surface area contributed by atoms with E-state index in [9.17, 15) is 13.2 Å². The van der Waals surface area contributed by atoms with E-state index in [1.807, 2.05) is 0 Å². The van der Waals surface area contributed by atoms with Gasteiger partial charge < -0.3 is 0 Å². The molecular weight excluding hydrogens is 171 g/mol. The quantitative estimate of drug-likeness (QED) is 0.595. The van der Waals surface area contributed by atoms with Gasteiger partial charge in [0.2, 0.25) is 0 Å². The lowest BCUT2D eigenvalue weighted by atomic mass is 10.2. The van der Waals surface area contributed by atoms with Crippen LogP contribution in [-0.2, 0) is 6.18 Å². The lowest BCUT2D eigenvalue weighted by Gasteiger charge is -2.04. The van der Waals surface area contributed by atoms with E-state index in [-0.39, 0.29) is 0 Å². The SMILES string of the molecule is N#Cc1cncnc1C(F)(F)F. The van der Waals surface area contributed by atoms with Crippen molar-refractivity contribution < 1.29 is 13.2 Å². The Balaban J connectivity index is 3.26. The number of nitrogens with zero attached hydrogens (tertiary/aromatic N) is 3. The van der Waals surface area contributed by atoms with E-state index in [2.05, 4.69) is 9.97 Å². The summed E-state index contributed by atoms with van der Waals surface area (Å²) in [5.74, 6) is 0. The molecule has 1 aromatic heterocycles. The zero-order chi connectivity index (χ0) is 9.19. The van der Waals surface area contributed by atoms with Crippen molar-refractivity contribution in [3.8, 4) is 6.07 Å². The molecule has 0 bridgehead atoms. The van der Waals surface area contributed by atoms with Gasteiger partial charge in [0.15, 0.2) is 5.69 Å². The number of hydrogen-bond acceptors (Lipinski definition) is 3. The number of hydrogen-bond donors (Lipinski definition) is 0. The Bertz CT molecular complexity index is 326. The van der Waals surface area contributed by atoms with Crippen LogP contribution in [0.15, 0.2) is 12.5 Å². The first kappa shape index (κ1) is 8.46. The van der Waals surface area contributed by atoms with E-state index in [4.69, 9.17) is 5.26 Å². The monoisotopic (exact) mass is 173 g/mol. The molecule has 1 aromatic rings. The van der Waals surface area contributed by atoms with Crippen molar-refractivity contribution in [1.29, 1.82) is 5.26 Å². The summed E-state index contributed by atoms with van der Waals surface area (Å²) in [6.07, 6.45) is -3.01. The minimum atomic E-state index is -4.59. The summed E-state index contributed by atoms with van der Waals surface area (Å²) in [6.45, 7) is 0. The summed E-state index contributed by atoms with van der Waals surface area (Å²) in [6, 6.07) is 1.36. The summed E-state index contributed by atoms with van der Waals surface area (Å²) in [5, 5.41) is 8.25. The van der Waals surface area contributed by atoms with Gasteiger partial charge in [0.05, 0.1) is 0 Å². The van der Waals surface area contributed by atoms with Gasteiger partial charge in [-0.1, -0.05) is 0 Å². The van der Waals surface area contributed by atoms with E-state index in [1.165, 1.54) is 6.07 Å². The highest BCUT2D eigenvalue weighted by Gasteiger charge is 2.35. The Labute approximate surface area is 65.5 Å². The Hall–Kier alpha value is -1.64. The van der Waals surface area contributed by atoms with Gasteiger partial charge in [0, 0.05) is 6.20 Å². The second-order valence-electron chi connectivity index (χ2n) is 1.89. The Morgan fingerprint density at radius 2 is 2.08 bits per heavy atom. The lowest BCUT2D eigenvalue weighted by molar-refractivity contribution is -0.141. The van der Waals surface area contributed by atoms with E-state index >= 15 is 0 Å². The summed E-state index contributed by atoms with van der Waals surface area (Å²) in [4.78, 5) is 6.26. The first-order valence-electron chi connectivity index (χ1n) is 2.83. The molecule has 0 fully saturated rings. The third-order valence-electron chi connectivity index (χ3n) is 1.10. The standard InChI is InChI=1S/C6H2F3N3/c7-6(8,9)5-4(1-10)2-11-3-12-5/h2-3H. The maximum absolute atomic E-state index is 12.0. The highest BCUT2D eigenvalue weighted by atomic mass is 19.4. The van der Waals surface area contributed by atoms with Gasteiger partial charge in [-0.15, -0.1) is 0 Å². The minimum absolute atomic E-state index is 0.565. The van der Waals surface area contributed by atoms with Gasteiger partial charge in [0.25, 0.3) is 0 Å². The molecule has 0 saturated carbocycles. The molecule has 0 unspecified atom stereocenters. The predicted molar refractivity (Wildman–Crippen MR) is 31.7 cm³/mol. The highest BCUT2D eigenvalue weighted by Crippen LogP contribution is 2.28. The first-order chi connectivity index (χ1) is 5.55. The maximum Gasteiger partial charge on any atom is 0.434 e. The van der Waals surface area contributed by atoms with Crippen molar-refractivity contribution in [2.75, 3.05) is 0 Å². The number of halogens is 3. The Kier molecular flexibility index (Phi) is 1.95. The van der Waals surface area contributed by atoms with Crippen LogP contribution in [0.25, 0.3) is 0 Å². The Morgan fingerprint density at radius 3 is 2.50 bits per heavy atom. The molecular formula is C6H2F3N3. The van der Waals surface area contributed by atoms with Gasteiger partial charge in [-0.2, -0.15) is 18.4 Å². The molecule has 1 heterocycles. The van der Waals surface area contributed by atoms with Gasteiger partial charge in [-0.25, -0.2) is 9.97 Å². The molecule has 6 heteroatoms. The van der Waals surface area contributed by atoms with Crippen molar-refractivity contribution in [2.24, 2.45) is 0 Å². The van der Waals surface area contributed by atoms with Crippen molar-refractivity contribution in [1.82, 2.24) is 9.97 Å². The molecule has 0 spiro atoms. The van der Waals surface area contributed by atoms with Crippen LogP contribution < -0.4 is 0 Å². The Morgan fingerprint density at radius 1 is 1.42 bits per heavy atom. The maximum atomic E-state index is 12.0. The third-order valence-corrected chi connectivity index (χ3v) is 1.10. The van der Waals surface area contributed by atoms with Crippen LogP contribution in [0, 0.1) is 11.3 Å². The molecule has 3 nitrogen and oxygen atoms in total. The fourth-order valence-corrected chi connectivity index (χ4v) is 0.637. The number of rotatable bonds is 0. The van der Waals surface area contributed by atoms with Crippen molar-refractivity contribution in [3.05, 3.63) is 23.8 Å². The smallest absolute Gasteiger partial charge is 0.243 e. The molecule has 0 atom stereocenters. The summed E-state index contributed by atoms with van der Waals surface area (Å²) in [5.41, 5.74) is -1.76. The van der Waals surface area contributed by atoms with Crippen LogP contribution in [0.4, 0.5) is 13.2 Å². The molecule has 0 saturated heterocycles. The van der Waals surface area contributed by atoms with Crippen molar-refractivity contribution in [2.45, 2.75) is 6.18 Å². The first-order valence-corrected chi connectivity index (χ1v) is 2.83. The second kappa shape index (κ2) is 2.77. The molecule has 0 aliphatic heterocycles. The number of aromatic nitrogens is 2. The molecule has 0 aromatic carbocycles. The zero-order valence-corrected chi connectivity index (χ0v) is 5.63. The second-order valence-corrected chi connectivity index (χ2v) is 1.89. The fraction of sp³-hybridized carbons (Fsp3) is 0.167. The normalized spacial score (nSPS) is 10.8. The molecule has 0 aliphatic carbocycles. The average Bonchev–Trinajstić information content (AvgIpc) is 2.03. The van der Waals surface area contributed by atoms with E-state index in [0.717, 1.165) is 12.5 Å². The molecule has 1 rings (SSSR count). The van der Waals surface area contributed by atoms with Crippen LogP contribution in [0.1, 0.15) is 11.3 Å². The van der Waals surface area contributed by atoms with Crippen LogP contribution >= 0.6 is 0 Å². The molecule has 0 amide bonds. The topological polar surface area (TPSA) is 49.6 Å². The largest absolute Gasteiger partial charge is 0.434 e. The van der Waals surface area contributed by atoms with E-state index in [0.29, 0.717) is 0 Å². The molecule has 12 heavy (non-hydrogen) atoms. The fourth-order valence-electron chi connectivity index (χ4n) is 0.637. The molecule has 0 aliphatic rings. The average molecular weight is 173 g/mol. The van der Waals surface area contributed by atoms with E-state index < -0.39 is 17.4 Å². The highest BCUT2D eigenvalue weighted by molar-refractivity contribution is 5.31. The van der Waals surface area contributed by atoms with Gasteiger partial charge in [-0.3, -0.25) is 0 Å². The number of alkyl halides is 3. The number of nitriles is 1. The zero-order valence-electron chi connectivity index (χ0n) is 5.63. The molecule has 0 radical (unpaired) electrons. The van der Waals surface area contributed by atoms with Crippen LogP contribution in [-0.4, -0.2) is 9.97 Å². The molecule has 0 N–H and O–H groups in total. The van der Waals surface area contributed by atoms with Crippen LogP contribution in [0.2, 0.25) is 0 Å². The van der Waals surface area contributed by atoms with Gasteiger partial charge >= 0.3 is 6.18 Å². The predicted octanol–water partition coefficient (Wildman–Crippen LogP) is 1.37. The summed E-state index contributed by atoms with van der Waals surface area (Å²) < 4.78 is 36.0. The summed E-state index contributed by atoms with van der Waals surface area (Å²) >= 11 is 0. The van der Waals surface area contributed by atoms with Gasteiger partial charge in [0.1, 0.15) is 18.0 Å². The van der Waals surface area contributed by atoms with Gasteiger partial charge in [-0.05, 0) is 0 Å². The third kappa shape index (κ3) is 1.50. The summed E-state index contributed by atoms with van der Waals surface area (Å²) in [7, 11) is 0. The van der Waals surface area contributed by atoms with Crippen molar-refractivity contribution in [3.63, 3.8) is 0 Å². The van der Waals surface area contributed by atoms with E-state index in [1.54, 1.807) is 0 Å². The van der Waals surface area contributed by atoms with Crippen molar-refractivity contribution >= 4 is 0 Å². The lowest BCUT2D eigenvalue weighted by Crippen LogP contribution is -2.10.